The van der Waals surface area contributed by atoms with Crippen LogP contribution in [0, 0.1) is 0 Å². The summed E-state index contributed by atoms with van der Waals surface area (Å²) < 4.78 is 5.47. The molecule has 2 saturated heterocycles. The van der Waals surface area contributed by atoms with Gasteiger partial charge in [0.2, 0.25) is 5.95 Å². The fraction of sp³-hybridized carbons (Fsp3) is 0.481. The van der Waals surface area contributed by atoms with Gasteiger partial charge in [-0.2, -0.15) is 0 Å². The highest BCUT2D eigenvalue weighted by molar-refractivity contribution is 5.97. The molecule has 0 atom stereocenters. The minimum atomic E-state index is -0.511. The highest BCUT2D eigenvalue weighted by atomic mass is 16.6. The zero-order valence-electron chi connectivity index (χ0n) is 21.7. The van der Waals surface area contributed by atoms with Crippen LogP contribution in [0.25, 0.3) is 22.3 Å². The largest absolute Gasteiger partial charge is 0.444 e. The highest BCUT2D eigenvalue weighted by Gasteiger charge is 2.27. The number of rotatable bonds is 3. The fourth-order valence-corrected chi connectivity index (χ4v) is 4.60. The van der Waals surface area contributed by atoms with Gasteiger partial charge in [-0.05, 0) is 58.2 Å². The van der Waals surface area contributed by atoms with Crippen LogP contribution >= 0.6 is 0 Å². The van der Waals surface area contributed by atoms with Gasteiger partial charge in [0.1, 0.15) is 5.60 Å². The molecule has 2 aromatic heterocycles. The Kier molecular flexibility index (Phi) is 6.90. The first kappa shape index (κ1) is 24.9. The molecule has 194 valence electrons. The molecule has 0 saturated carbocycles. The zero-order valence-corrected chi connectivity index (χ0v) is 21.7. The molecule has 10 nitrogen and oxygen atoms in total. The summed E-state index contributed by atoms with van der Waals surface area (Å²) in [7, 11) is 0. The van der Waals surface area contributed by atoms with Gasteiger partial charge in [-0.3, -0.25) is 9.78 Å². The van der Waals surface area contributed by atoms with Crippen LogP contribution in [-0.4, -0.2) is 86.6 Å². The highest BCUT2D eigenvalue weighted by Crippen LogP contribution is 2.22. The Morgan fingerprint density at radius 2 is 1.51 bits per heavy atom. The maximum absolute atomic E-state index is 12.9. The van der Waals surface area contributed by atoms with Gasteiger partial charge in [0.05, 0.1) is 22.9 Å². The van der Waals surface area contributed by atoms with Gasteiger partial charge in [0.15, 0.2) is 0 Å². The van der Waals surface area contributed by atoms with Crippen molar-refractivity contribution in [3.8, 4) is 11.3 Å². The molecule has 0 spiro atoms. The standard InChI is InChI=1S/C27H33N7O3/c1-27(2,3)37-26(36)34-13-11-33(12-14-34)25-29-16-20(17-30-25)23-18-28-21-8-7-19(15-22(21)31-23)24(35)32-9-5-4-6-10-32/h7-8,15-18H,4-6,9-14H2,1-3H3. The molecular formula is C27H33N7O3. The molecule has 0 aliphatic carbocycles. The van der Waals surface area contributed by atoms with E-state index >= 15 is 0 Å². The van der Waals surface area contributed by atoms with Crippen molar-refractivity contribution in [1.82, 2.24) is 29.7 Å². The summed E-state index contributed by atoms with van der Waals surface area (Å²) in [5.41, 5.74) is 2.93. The predicted molar refractivity (Wildman–Crippen MR) is 140 cm³/mol. The number of nitrogens with zero attached hydrogens (tertiary/aromatic N) is 7. The van der Waals surface area contributed by atoms with Crippen LogP contribution in [0.3, 0.4) is 0 Å². The lowest BCUT2D eigenvalue weighted by Crippen LogP contribution is -2.50. The smallest absolute Gasteiger partial charge is 0.410 e. The number of aromatic nitrogens is 4. The number of hydrogen-bond donors (Lipinski definition) is 0. The summed E-state index contributed by atoms with van der Waals surface area (Å²) in [4.78, 5) is 49.3. The van der Waals surface area contributed by atoms with E-state index in [0.29, 0.717) is 48.9 Å². The number of likely N-dealkylation sites (tertiary alicyclic amines) is 1. The van der Waals surface area contributed by atoms with Crippen LogP contribution in [0.4, 0.5) is 10.7 Å². The van der Waals surface area contributed by atoms with E-state index in [1.165, 1.54) is 6.42 Å². The third-order valence-corrected chi connectivity index (χ3v) is 6.58. The summed E-state index contributed by atoms with van der Waals surface area (Å²) in [5, 5.41) is 0. The first-order chi connectivity index (χ1) is 17.8. The average Bonchev–Trinajstić information content (AvgIpc) is 2.92. The molecule has 2 aliphatic rings. The van der Waals surface area contributed by atoms with E-state index < -0.39 is 5.60 Å². The van der Waals surface area contributed by atoms with Gasteiger partial charge >= 0.3 is 6.09 Å². The fourth-order valence-electron chi connectivity index (χ4n) is 4.60. The van der Waals surface area contributed by atoms with E-state index in [4.69, 9.17) is 9.72 Å². The molecule has 2 aliphatic heterocycles. The molecule has 0 unspecified atom stereocenters. The Bertz CT molecular complexity index is 1280. The molecule has 0 radical (unpaired) electrons. The lowest BCUT2D eigenvalue weighted by Gasteiger charge is -2.35. The number of amides is 2. The van der Waals surface area contributed by atoms with Crippen molar-refractivity contribution in [3.05, 3.63) is 42.4 Å². The SMILES string of the molecule is CC(C)(C)OC(=O)N1CCN(c2ncc(-c3cnc4ccc(C(=O)N5CCCCC5)cc4n3)cn2)CC1. The molecule has 10 heteroatoms. The molecule has 2 fully saturated rings. The molecular weight excluding hydrogens is 470 g/mol. The third-order valence-electron chi connectivity index (χ3n) is 6.58. The van der Waals surface area contributed by atoms with Crippen LogP contribution in [0.1, 0.15) is 50.4 Å². The molecule has 3 aromatic rings. The minimum absolute atomic E-state index is 0.0493. The molecule has 37 heavy (non-hydrogen) atoms. The average molecular weight is 504 g/mol. The van der Waals surface area contributed by atoms with Gasteiger partial charge < -0.3 is 19.4 Å². The molecule has 0 N–H and O–H groups in total. The topological polar surface area (TPSA) is 105 Å². The number of benzene rings is 1. The number of hydrogen-bond acceptors (Lipinski definition) is 8. The molecule has 2 amide bonds. The Morgan fingerprint density at radius 3 is 2.19 bits per heavy atom. The van der Waals surface area contributed by atoms with Gasteiger partial charge in [0, 0.05) is 62.8 Å². The van der Waals surface area contributed by atoms with Crippen LogP contribution in [-0.2, 0) is 4.74 Å². The quantitative estimate of drug-likeness (QED) is 0.532. The number of piperidine rings is 1. The van der Waals surface area contributed by atoms with Crippen molar-refractivity contribution in [2.24, 2.45) is 0 Å². The molecule has 5 rings (SSSR count). The van der Waals surface area contributed by atoms with Crippen molar-refractivity contribution in [2.75, 3.05) is 44.2 Å². The van der Waals surface area contributed by atoms with Crippen molar-refractivity contribution in [1.29, 1.82) is 0 Å². The third kappa shape index (κ3) is 5.79. The molecule has 1 aromatic carbocycles. The van der Waals surface area contributed by atoms with Gasteiger partial charge in [-0.1, -0.05) is 0 Å². The summed E-state index contributed by atoms with van der Waals surface area (Å²) >= 11 is 0. The van der Waals surface area contributed by atoms with Crippen molar-refractivity contribution >= 4 is 29.0 Å². The van der Waals surface area contributed by atoms with Gasteiger partial charge in [-0.25, -0.2) is 19.7 Å². The second-order valence-corrected chi connectivity index (χ2v) is 10.5. The Labute approximate surface area is 216 Å². The van der Waals surface area contributed by atoms with Gasteiger partial charge in [-0.15, -0.1) is 0 Å². The van der Waals surface area contributed by atoms with Crippen LogP contribution in [0.15, 0.2) is 36.8 Å². The second kappa shape index (κ2) is 10.3. The van der Waals surface area contributed by atoms with E-state index in [2.05, 4.69) is 19.9 Å². The maximum Gasteiger partial charge on any atom is 0.410 e. The Balaban J connectivity index is 1.26. The second-order valence-electron chi connectivity index (χ2n) is 10.5. The number of ether oxygens (including phenoxy) is 1. The summed E-state index contributed by atoms with van der Waals surface area (Å²) in [6, 6.07) is 5.50. The van der Waals surface area contributed by atoms with Crippen LogP contribution in [0.2, 0.25) is 0 Å². The predicted octanol–water partition coefficient (Wildman–Crippen LogP) is 3.77. The van der Waals surface area contributed by atoms with E-state index in [1.807, 2.05) is 43.9 Å². The van der Waals surface area contributed by atoms with Crippen molar-refractivity contribution in [3.63, 3.8) is 0 Å². The van der Waals surface area contributed by atoms with E-state index in [1.54, 1.807) is 23.5 Å². The summed E-state index contributed by atoms with van der Waals surface area (Å²) in [5.74, 6) is 0.656. The first-order valence-electron chi connectivity index (χ1n) is 12.9. The minimum Gasteiger partial charge on any atom is -0.444 e. The Morgan fingerprint density at radius 1 is 0.811 bits per heavy atom. The number of carbonyl (C=O) groups excluding carboxylic acids is 2. The normalized spacial score (nSPS) is 16.7. The zero-order chi connectivity index (χ0) is 26.0. The Hall–Kier alpha value is -3.82. The van der Waals surface area contributed by atoms with E-state index in [9.17, 15) is 9.59 Å². The van der Waals surface area contributed by atoms with E-state index in [0.717, 1.165) is 37.0 Å². The summed E-state index contributed by atoms with van der Waals surface area (Å²) in [6.45, 7) is 9.57. The lowest BCUT2D eigenvalue weighted by molar-refractivity contribution is 0.0240. The van der Waals surface area contributed by atoms with Crippen molar-refractivity contribution < 1.29 is 14.3 Å². The van der Waals surface area contributed by atoms with Crippen molar-refractivity contribution in [2.45, 2.75) is 45.6 Å². The summed E-state index contributed by atoms with van der Waals surface area (Å²) in [6.07, 6.45) is 8.17. The molecule has 4 heterocycles. The lowest BCUT2D eigenvalue weighted by atomic mass is 10.1. The van der Waals surface area contributed by atoms with Crippen LogP contribution < -0.4 is 4.90 Å². The monoisotopic (exact) mass is 503 g/mol. The molecule has 0 bridgehead atoms. The maximum atomic E-state index is 12.9. The number of fused-ring (bicyclic) bond motifs is 1. The number of piperazine rings is 1. The first-order valence-corrected chi connectivity index (χ1v) is 12.9. The number of anilines is 1. The van der Waals surface area contributed by atoms with E-state index in [-0.39, 0.29) is 12.0 Å². The number of carbonyl (C=O) groups is 2. The van der Waals surface area contributed by atoms with Gasteiger partial charge in [0.25, 0.3) is 5.91 Å². The van der Waals surface area contributed by atoms with Crippen LogP contribution in [0.5, 0.6) is 0 Å².